The van der Waals surface area contributed by atoms with Gasteiger partial charge in [-0.25, -0.2) is 9.97 Å². The van der Waals surface area contributed by atoms with Gasteiger partial charge in [-0.05, 0) is 19.9 Å². The molecule has 25 heavy (non-hydrogen) atoms. The molecule has 0 unspecified atom stereocenters. The van der Waals surface area contributed by atoms with Gasteiger partial charge in [-0.3, -0.25) is 15.6 Å². The summed E-state index contributed by atoms with van der Waals surface area (Å²) in [5.74, 6) is 0.413. The van der Waals surface area contributed by atoms with Crippen LogP contribution in [0.15, 0.2) is 18.3 Å². The molecule has 3 aromatic rings. The number of methoxy groups -OCH3 is 1. The summed E-state index contributed by atoms with van der Waals surface area (Å²) in [5.41, 5.74) is 5.27. The topological polar surface area (TPSA) is 92.3 Å². The second-order valence-electron chi connectivity index (χ2n) is 4.95. The van der Waals surface area contributed by atoms with Crippen LogP contribution in [-0.4, -0.2) is 41.1 Å². The van der Waals surface area contributed by atoms with Crippen LogP contribution in [0.3, 0.4) is 0 Å². The Hall–Kier alpha value is -2.46. The van der Waals surface area contributed by atoms with Gasteiger partial charge in [-0.1, -0.05) is 11.3 Å². The molecule has 8 nitrogen and oxygen atoms in total. The maximum atomic E-state index is 12.3. The van der Waals surface area contributed by atoms with Crippen LogP contribution in [0, 0.1) is 0 Å². The highest BCUT2D eigenvalue weighted by atomic mass is 32.1. The van der Waals surface area contributed by atoms with E-state index in [1.807, 2.05) is 6.07 Å². The minimum Gasteiger partial charge on any atom is -0.481 e. The summed E-state index contributed by atoms with van der Waals surface area (Å²) < 4.78 is 6.02. The lowest BCUT2D eigenvalue weighted by molar-refractivity contribution is 0.0966. The zero-order chi connectivity index (χ0) is 17.8. The Bertz CT molecular complexity index is 842. The molecule has 0 aliphatic carbocycles. The van der Waals surface area contributed by atoms with Crippen molar-refractivity contribution in [2.45, 2.75) is 13.8 Å². The normalized spacial score (nSPS) is 10.7. The molecule has 0 aromatic carbocycles. The van der Waals surface area contributed by atoms with Crippen LogP contribution in [0.5, 0.6) is 5.88 Å². The van der Waals surface area contributed by atoms with Crippen molar-refractivity contribution in [1.82, 2.24) is 20.4 Å². The summed E-state index contributed by atoms with van der Waals surface area (Å²) in [5, 5.41) is 0.987. The van der Waals surface area contributed by atoms with Crippen molar-refractivity contribution in [2.24, 2.45) is 0 Å². The predicted octanol–water partition coefficient (Wildman–Crippen LogP) is 2.76. The van der Waals surface area contributed by atoms with Gasteiger partial charge >= 0.3 is 0 Å². The minimum absolute atomic E-state index is 0.257. The number of carbonyl (C=O) groups excluding carboxylic acids is 1. The monoisotopic (exact) mass is 378 g/mol. The largest absolute Gasteiger partial charge is 0.481 e. The third-order valence-electron chi connectivity index (χ3n) is 3.46. The van der Waals surface area contributed by atoms with Gasteiger partial charge in [-0.15, -0.1) is 11.3 Å². The number of thiophene rings is 1. The molecule has 0 bridgehead atoms. The van der Waals surface area contributed by atoms with Crippen molar-refractivity contribution in [1.29, 1.82) is 0 Å². The molecule has 0 radical (unpaired) electrons. The van der Waals surface area contributed by atoms with Crippen molar-refractivity contribution in [3.05, 3.63) is 23.2 Å². The van der Waals surface area contributed by atoms with E-state index < -0.39 is 0 Å². The van der Waals surface area contributed by atoms with E-state index in [9.17, 15) is 4.79 Å². The number of thiazole rings is 1. The third-order valence-corrected chi connectivity index (χ3v) is 5.68. The first kappa shape index (κ1) is 17.4. The molecule has 132 valence electrons. The van der Waals surface area contributed by atoms with Crippen molar-refractivity contribution < 1.29 is 9.53 Å². The zero-order valence-corrected chi connectivity index (χ0v) is 15.7. The van der Waals surface area contributed by atoms with Gasteiger partial charge in [0.05, 0.1) is 16.7 Å². The van der Waals surface area contributed by atoms with Crippen LogP contribution < -0.4 is 20.5 Å². The first-order valence-electron chi connectivity index (χ1n) is 7.73. The Kier molecular flexibility index (Phi) is 5.29. The van der Waals surface area contributed by atoms with Crippen molar-refractivity contribution in [3.63, 3.8) is 0 Å². The van der Waals surface area contributed by atoms with E-state index in [4.69, 9.17) is 4.74 Å². The van der Waals surface area contributed by atoms with Crippen LogP contribution in [0.2, 0.25) is 0 Å². The van der Waals surface area contributed by atoms with E-state index in [0.717, 1.165) is 27.8 Å². The molecule has 2 N–H and O–H groups in total. The van der Waals surface area contributed by atoms with Gasteiger partial charge in [0.2, 0.25) is 11.8 Å². The maximum Gasteiger partial charge on any atom is 0.279 e. The second kappa shape index (κ2) is 7.62. The number of carbonyl (C=O) groups is 1. The number of nitrogens with zero attached hydrogens (tertiary/aromatic N) is 4. The molecule has 0 aliphatic rings. The number of amides is 1. The molecular formula is C15H18N6O2S2. The summed E-state index contributed by atoms with van der Waals surface area (Å²) >= 11 is 2.96. The lowest BCUT2D eigenvalue weighted by Crippen LogP contribution is -2.29. The van der Waals surface area contributed by atoms with Crippen molar-refractivity contribution >= 4 is 49.2 Å². The molecule has 0 saturated heterocycles. The van der Waals surface area contributed by atoms with E-state index in [1.165, 1.54) is 18.4 Å². The fourth-order valence-corrected chi connectivity index (χ4v) is 4.39. The lowest BCUT2D eigenvalue weighted by Gasteiger charge is -2.16. The Balaban J connectivity index is 1.68. The number of hydrogen-bond acceptors (Lipinski definition) is 9. The summed E-state index contributed by atoms with van der Waals surface area (Å²) in [4.78, 5) is 28.6. The van der Waals surface area contributed by atoms with Gasteiger partial charge in [0.1, 0.15) is 4.83 Å². The van der Waals surface area contributed by atoms with Crippen LogP contribution >= 0.6 is 22.7 Å². The fraction of sp³-hybridized carbons (Fsp3) is 0.333. The molecule has 10 heteroatoms. The molecule has 0 aliphatic heterocycles. The van der Waals surface area contributed by atoms with Gasteiger partial charge < -0.3 is 9.64 Å². The molecule has 3 rings (SSSR count). The number of anilines is 2. The Morgan fingerprint density at radius 1 is 1.28 bits per heavy atom. The zero-order valence-electron chi connectivity index (χ0n) is 14.1. The van der Waals surface area contributed by atoms with Gasteiger partial charge in [0.25, 0.3) is 5.91 Å². The molecular weight excluding hydrogens is 360 g/mol. The molecule has 3 heterocycles. The van der Waals surface area contributed by atoms with Crippen LogP contribution in [0.4, 0.5) is 11.1 Å². The SMILES string of the molecule is CCN(CC)c1nc2sc(C(=O)NNc3nccc(OC)n3)cc2s1. The Labute approximate surface area is 152 Å². The Morgan fingerprint density at radius 2 is 2.08 bits per heavy atom. The number of aromatic nitrogens is 3. The first-order valence-corrected chi connectivity index (χ1v) is 9.36. The second-order valence-corrected chi connectivity index (χ2v) is 6.99. The predicted molar refractivity (Wildman–Crippen MR) is 101 cm³/mol. The highest BCUT2D eigenvalue weighted by Crippen LogP contribution is 2.34. The Morgan fingerprint density at radius 3 is 2.76 bits per heavy atom. The van der Waals surface area contributed by atoms with Crippen molar-refractivity contribution in [3.8, 4) is 5.88 Å². The van der Waals surface area contributed by atoms with Gasteiger partial charge in [0.15, 0.2) is 5.13 Å². The maximum absolute atomic E-state index is 12.3. The number of ether oxygens (including phenoxy) is 1. The minimum atomic E-state index is -0.258. The number of nitrogens with one attached hydrogen (secondary N) is 2. The van der Waals surface area contributed by atoms with Crippen LogP contribution in [0.1, 0.15) is 23.5 Å². The third kappa shape index (κ3) is 3.80. The van der Waals surface area contributed by atoms with E-state index in [0.29, 0.717) is 10.8 Å². The summed E-state index contributed by atoms with van der Waals surface area (Å²) in [7, 11) is 1.52. The number of fused-ring (bicyclic) bond motifs is 1. The highest BCUT2D eigenvalue weighted by molar-refractivity contribution is 7.29. The van der Waals surface area contributed by atoms with Gasteiger partial charge in [0, 0.05) is 25.4 Å². The standard InChI is InChI=1S/C15H18N6O2S2/c1-4-21(5-2)15-18-13-10(25-15)8-9(24-13)12(22)19-20-14-16-7-6-11(17-14)23-3/h6-8H,4-5H2,1-3H3,(H,19,22)(H,16,17,20). The van der Waals surface area contributed by atoms with Gasteiger partial charge in [-0.2, -0.15) is 4.98 Å². The molecule has 0 fully saturated rings. The van der Waals surface area contributed by atoms with E-state index in [1.54, 1.807) is 23.6 Å². The molecule has 0 spiro atoms. The average molecular weight is 378 g/mol. The number of hydrazine groups is 1. The fourth-order valence-electron chi connectivity index (χ4n) is 2.16. The summed E-state index contributed by atoms with van der Waals surface area (Å²) in [6.45, 7) is 6.03. The smallest absolute Gasteiger partial charge is 0.279 e. The van der Waals surface area contributed by atoms with Crippen molar-refractivity contribution in [2.75, 3.05) is 30.5 Å². The quantitative estimate of drug-likeness (QED) is 0.611. The van der Waals surface area contributed by atoms with Crippen LogP contribution in [-0.2, 0) is 0 Å². The molecule has 0 saturated carbocycles. The summed E-state index contributed by atoms with van der Waals surface area (Å²) in [6, 6.07) is 3.48. The van der Waals surface area contributed by atoms with E-state index >= 15 is 0 Å². The van der Waals surface area contributed by atoms with E-state index in [2.05, 4.69) is 44.6 Å². The first-order chi connectivity index (χ1) is 12.1. The summed E-state index contributed by atoms with van der Waals surface area (Å²) in [6.07, 6.45) is 1.54. The highest BCUT2D eigenvalue weighted by Gasteiger charge is 2.16. The van der Waals surface area contributed by atoms with E-state index in [-0.39, 0.29) is 11.9 Å². The lowest BCUT2D eigenvalue weighted by atomic mass is 10.4. The number of hydrogen-bond donors (Lipinski definition) is 2. The molecule has 0 atom stereocenters. The molecule has 1 amide bonds. The molecule has 3 aromatic heterocycles. The average Bonchev–Trinajstić information content (AvgIpc) is 3.20. The number of rotatable bonds is 7. The van der Waals surface area contributed by atoms with Crippen LogP contribution in [0.25, 0.3) is 9.53 Å².